The van der Waals surface area contributed by atoms with Gasteiger partial charge in [0.25, 0.3) is 0 Å². The Morgan fingerprint density at radius 3 is 2.00 bits per heavy atom. The number of hydrogen-bond donors (Lipinski definition) is 3. The fraction of sp³-hybridized carbons (Fsp3) is 0.429. The maximum absolute atomic E-state index is 13.2. The third-order valence-electron chi connectivity index (χ3n) is 6.54. The lowest BCUT2D eigenvalue weighted by Crippen LogP contribution is -2.46. The van der Waals surface area contributed by atoms with E-state index in [0.29, 0.717) is 30.2 Å². The summed E-state index contributed by atoms with van der Waals surface area (Å²) in [5, 5.41) is 12.8. The Balaban J connectivity index is 1.73. The molecule has 13 nitrogen and oxygen atoms in total. The number of carbonyl (C=O) groups is 2. The molecule has 3 aromatic carbocycles. The van der Waals surface area contributed by atoms with Crippen LogP contribution in [0.4, 0.5) is 4.79 Å². The molecule has 0 radical (unpaired) electrons. The topological polar surface area (TPSA) is 162 Å². The van der Waals surface area contributed by atoms with E-state index in [2.05, 4.69) is 5.32 Å². The highest BCUT2D eigenvalue weighted by atomic mass is 31.2. The minimum Gasteiger partial charge on any atom is -0.485 e. The Bertz CT molecular complexity index is 1500. The number of alkyl carbamates (subject to hydrolysis) is 1. The van der Waals surface area contributed by atoms with Crippen LogP contribution < -0.4 is 14.8 Å². The van der Waals surface area contributed by atoms with Gasteiger partial charge in [-0.2, -0.15) is 0 Å². The van der Waals surface area contributed by atoms with E-state index in [1.807, 2.05) is 60.7 Å². The number of rotatable bonds is 19. The number of hydrogen-bond acceptors (Lipinski definition) is 11. The van der Waals surface area contributed by atoms with E-state index < -0.39 is 50.8 Å². The number of amides is 1. The van der Waals surface area contributed by atoms with Gasteiger partial charge in [-0.15, -0.1) is 0 Å². The standard InChI is InChI=1S/C35H47N2O11P/c1-35(2,3)48-34(40)36-30(33(39)45-24-29(38)25-47-49(41,42)46-19-18-37(4)5)20-28-16-17-31(43-22-26-12-8-6-9-13-26)32(21-28)44-23-27-14-10-7-11-15-27/h6-17,21,29-30,38H,18-20,22-25H2,1-5H3,(H,36,40)(H,41,42)/t29?,30-/m0/s1. The zero-order chi connectivity index (χ0) is 35.9. The third-order valence-corrected chi connectivity index (χ3v) is 7.52. The molecule has 3 atom stereocenters. The number of phosphoric ester groups is 1. The number of phosphoric acid groups is 1. The van der Waals surface area contributed by atoms with Gasteiger partial charge >= 0.3 is 19.9 Å². The van der Waals surface area contributed by atoms with E-state index in [9.17, 15) is 24.2 Å². The number of aliphatic hydroxyl groups excluding tert-OH is 1. The maximum atomic E-state index is 13.2. The van der Waals surface area contributed by atoms with Crippen molar-refractivity contribution in [1.82, 2.24) is 10.2 Å². The SMILES string of the molecule is CN(C)CCOP(=O)(O)OCC(O)COC(=O)[C@H](Cc1ccc(OCc2ccccc2)c(OCc2ccccc2)c1)NC(=O)OC(C)(C)C. The van der Waals surface area contributed by atoms with Gasteiger partial charge in [0.1, 0.15) is 37.6 Å². The normalized spacial score (nSPS) is 14.0. The molecule has 14 heteroatoms. The average molecular weight is 703 g/mol. The first-order chi connectivity index (χ1) is 23.2. The minimum atomic E-state index is -4.43. The molecule has 3 aromatic rings. The quantitative estimate of drug-likeness (QED) is 0.115. The molecule has 0 aliphatic heterocycles. The van der Waals surface area contributed by atoms with Gasteiger partial charge in [-0.3, -0.25) is 9.05 Å². The lowest BCUT2D eigenvalue weighted by atomic mass is 10.1. The van der Waals surface area contributed by atoms with Crippen LogP contribution in [0.3, 0.4) is 0 Å². The van der Waals surface area contributed by atoms with Crippen molar-refractivity contribution in [2.45, 2.75) is 58.2 Å². The van der Waals surface area contributed by atoms with Crippen molar-refractivity contribution in [2.24, 2.45) is 0 Å². The summed E-state index contributed by atoms with van der Waals surface area (Å²) in [6.07, 6.45) is -2.34. The zero-order valence-corrected chi connectivity index (χ0v) is 29.5. The van der Waals surface area contributed by atoms with Gasteiger partial charge < -0.3 is 39.2 Å². The zero-order valence-electron chi connectivity index (χ0n) is 28.6. The molecule has 0 bridgehead atoms. The van der Waals surface area contributed by atoms with Gasteiger partial charge in [0.2, 0.25) is 0 Å². The fourth-order valence-electron chi connectivity index (χ4n) is 4.14. The molecular formula is C35H47N2O11P. The van der Waals surface area contributed by atoms with Crippen LogP contribution >= 0.6 is 7.82 Å². The summed E-state index contributed by atoms with van der Waals surface area (Å²) in [6, 6.07) is 23.2. The predicted octanol–water partition coefficient (Wildman–Crippen LogP) is 4.88. The number of nitrogens with zero attached hydrogens (tertiary/aromatic N) is 1. The van der Waals surface area contributed by atoms with E-state index in [0.717, 1.165) is 11.1 Å². The molecule has 0 aromatic heterocycles. The molecule has 2 unspecified atom stereocenters. The molecular weight excluding hydrogens is 655 g/mol. The van der Waals surface area contributed by atoms with Gasteiger partial charge in [0.05, 0.1) is 13.2 Å². The number of aliphatic hydroxyl groups is 1. The molecule has 0 saturated carbocycles. The second kappa shape index (κ2) is 19.3. The average Bonchev–Trinajstić information content (AvgIpc) is 3.04. The van der Waals surface area contributed by atoms with Crippen molar-refractivity contribution < 1.29 is 52.1 Å². The van der Waals surface area contributed by atoms with Crippen molar-refractivity contribution in [3.8, 4) is 11.5 Å². The van der Waals surface area contributed by atoms with Crippen LogP contribution in [0.5, 0.6) is 11.5 Å². The van der Waals surface area contributed by atoms with Crippen molar-refractivity contribution in [1.29, 1.82) is 0 Å². The molecule has 3 rings (SSSR count). The minimum absolute atomic E-state index is 0.0309. The second-order valence-corrected chi connectivity index (χ2v) is 13.9. The number of nitrogens with one attached hydrogen (secondary N) is 1. The Kier molecular flexibility index (Phi) is 15.5. The summed E-state index contributed by atoms with van der Waals surface area (Å²) in [6.45, 7) is 4.71. The van der Waals surface area contributed by atoms with Gasteiger partial charge in [-0.25, -0.2) is 14.2 Å². The molecule has 0 fully saturated rings. The second-order valence-electron chi connectivity index (χ2n) is 12.4. The van der Waals surface area contributed by atoms with Crippen molar-refractivity contribution in [2.75, 3.05) is 40.5 Å². The lowest BCUT2D eigenvalue weighted by Gasteiger charge is -2.24. The molecule has 0 aliphatic rings. The summed E-state index contributed by atoms with van der Waals surface area (Å²) >= 11 is 0. The van der Waals surface area contributed by atoms with E-state index in [1.54, 1.807) is 58.0 Å². The summed E-state index contributed by atoms with van der Waals surface area (Å²) in [4.78, 5) is 37.5. The lowest BCUT2D eigenvalue weighted by molar-refractivity contribution is -0.149. The van der Waals surface area contributed by atoms with Crippen LogP contribution in [-0.2, 0) is 47.5 Å². The van der Waals surface area contributed by atoms with Crippen LogP contribution in [0.25, 0.3) is 0 Å². The number of carbonyl (C=O) groups excluding carboxylic acids is 2. The molecule has 0 heterocycles. The first-order valence-corrected chi connectivity index (χ1v) is 17.3. The number of benzene rings is 3. The van der Waals surface area contributed by atoms with Crippen LogP contribution in [-0.4, -0.2) is 85.2 Å². The van der Waals surface area contributed by atoms with Crippen molar-refractivity contribution >= 4 is 19.9 Å². The molecule has 1 amide bonds. The largest absolute Gasteiger partial charge is 0.485 e. The smallest absolute Gasteiger partial charge is 0.472 e. The van der Waals surface area contributed by atoms with Crippen LogP contribution in [0.2, 0.25) is 0 Å². The Morgan fingerprint density at radius 1 is 0.837 bits per heavy atom. The molecule has 268 valence electrons. The molecule has 0 saturated heterocycles. The summed E-state index contributed by atoms with van der Waals surface area (Å²) in [5.74, 6) is 0.0312. The first-order valence-electron chi connectivity index (χ1n) is 15.8. The summed E-state index contributed by atoms with van der Waals surface area (Å²) < 4.78 is 44.6. The Hall–Kier alpha value is -3.97. The van der Waals surface area contributed by atoms with E-state index >= 15 is 0 Å². The molecule has 3 N–H and O–H groups in total. The van der Waals surface area contributed by atoms with Crippen molar-refractivity contribution in [3.05, 3.63) is 95.6 Å². The van der Waals surface area contributed by atoms with Crippen LogP contribution in [0.15, 0.2) is 78.9 Å². The highest BCUT2D eigenvalue weighted by molar-refractivity contribution is 7.47. The monoisotopic (exact) mass is 702 g/mol. The van der Waals surface area contributed by atoms with Crippen LogP contribution in [0, 0.1) is 0 Å². The summed E-state index contributed by atoms with van der Waals surface area (Å²) in [5.41, 5.74) is 1.68. The highest BCUT2D eigenvalue weighted by Crippen LogP contribution is 2.43. The maximum Gasteiger partial charge on any atom is 0.472 e. The Labute approximate surface area is 287 Å². The number of esters is 1. The Morgan fingerprint density at radius 2 is 1.43 bits per heavy atom. The third kappa shape index (κ3) is 15.9. The van der Waals surface area contributed by atoms with E-state index in [1.165, 1.54) is 0 Å². The summed E-state index contributed by atoms with van der Waals surface area (Å²) in [7, 11) is -0.896. The first kappa shape index (κ1) is 39.5. The van der Waals surface area contributed by atoms with E-state index in [-0.39, 0.29) is 19.6 Å². The van der Waals surface area contributed by atoms with Gasteiger partial charge in [-0.1, -0.05) is 66.7 Å². The van der Waals surface area contributed by atoms with Crippen LogP contribution in [0.1, 0.15) is 37.5 Å². The fourth-order valence-corrected chi connectivity index (χ4v) is 4.89. The highest BCUT2D eigenvalue weighted by Gasteiger charge is 2.28. The van der Waals surface area contributed by atoms with Gasteiger partial charge in [0.15, 0.2) is 11.5 Å². The number of ether oxygens (including phenoxy) is 4. The molecule has 0 aliphatic carbocycles. The predicted molar refractivity (Wildman–Crippen MR) is 182 cm³/mol. The number of likely N-dealkylation sites (N-methyl/N-ethyl adjacent to an activating group) is 1. The van der Waals surface area contributed by atoms with Crippen molar-refractivity contribution in [3.63, 3.8) is 0 Å². The van der Waals surface area contributed by atoms with Gasteiger partial charge in [0, 0.05) is 13.0 Å². The van der Waals surface area contributed by atoms with Gasteiger partial charge in [-0.05, 0) is 63.7 Å². The van der Waals surface area contributed by atoms with E-state index in [4.69, 9.17) is 28.0 Å². The molecule has 0 spiro atoms. The molecule has 49 heavy (non-hydrogen) atoms.